The first kappa shape index (κ1) is 11.2. The van der Waals surface area contributed by atoms with E-state index in [0.717, 1.165) is 13.8 Å². The van der Waals surface area contributed by atoms with Gasteiger partial charge in [-0.3, -0.25) is 4.57 Å². The van der Waals surface area contributed by atoms with E-state index in [1.807, 2.05) is 0 Å². The molecule has 0 spiro atoms. The molecule has 3 atom stereocenters. The highest BCUT2D eigenvalue weighted by Crippen LogP contribution is 2.68. The Balaban J connectivity index is 3.40. The van der Waals surface area contributed by atoms with E-state index in [-0.39, 0.29) is 0 Å². The summed E-state index contributed by atoms with van der Waals surface area (Å²) in [7, 11) is -4.70. The minimum Gasteiger partial charge on any atom is -0.478 e. The van der Waals surface area contributed by atoms with Crippen molar-refractivity contribution in [3.05, 3.63) is 0 Å². The van der Waals surface area contributed by atoms with E-state index >= 15 is 0 Å². The van der Waals surface area contributed by atoms with Crippen molar-refractivity contribution in [2.24, 2.45) is 0 Å². The van der Waals surface area contributed by atoms with Gasteiger partial charge in [-0.1, -0.05) is 0 Å². The van der Waals surface area contributed by atoms with Crippen molar-refractivity contribution >= 4 is 19.3 Å². The number of rotatable bonds is 1. The Bertz CT molecular complexity index is 359. The van der Waals surface area contributed by atoms with E-state index < -0.39 is 30.0 Å². The smallest absolute Gasteiger partial charge is 0.358 e. The number of carbonyl (C=O) groups excluding carboxylic acids is 1. The van der Waals surface area contributed by atoms with Crippen molar-refractivity contribution in [1.82, 2.24) is 0 Å². The predicted octanol–water partition coefficient (Wildman–Crippen LogP) is -0.677. The first-order chi connectivity index (χ1) is 6.07. The Morgan fingerprint density at radius 3 is 2.07 bits per heavy atom. The van der Waals surface area contributed by atoms with Crippen LogP contribution in [0.25, 0.3) is 0 Å². The maximum absolute atomic E-state index is 11.6. The van der Waals surface area contributed by atoms with Crippen LogP contribution < -0.4 is 0 Å². The van der Waals surface area contributed by atoms with E-state index in [9.17, 15) is 24.2 Å². The minimum absolute atomic E-state index is 0.754. The lowest BCUT2D eigenvalue weighted by molar-refractivity contribution is -0.168. The van der Waals surface area contributed by atoms with Gasteiger partial charge in [-0.25, -0.2) is 9.59 Å². The molecule has 8 heteroatoms. The number of cyclic esters (lactones) is 1. The fourth-order valence-electron chi connectivity index (χ4n) is 1.05. The number of carboxylic acid groups (broad SMARTS) is 1. The van der Waals surface area contributed by atoms with Crippen LogP contribution in [-0.4, -0.2) is 37.7 Å². The molecule has 1 heterocycles. The number of hydrogen-bond donors (Lipinski definition) is 3. The average molecular weight is 224 g/mol. The Morgan fingerprint density at radius 1 is 1.50 bits per heavy atom. The SMILES string of the molecule is C[C@@]1(C(=O)O)OC(=O)[C@@](C)(O)P1(=O)O. The van der Waals surface area contributed by atoms with Crippen molar-refractivity contribution < 1.29 is 34.0 Å². The van der Waals surface area contributed by atoms with Crippen LogP contribution in [0.1, 0.15) is 13.8 Å². The van der Waals surface area contributed by atoms with Crippen LogP contribution in [0.15, 0.2) is 0 Å². The van der Waals surface area contributed by atoms with E-state index in [0.29, 0.717) is 0 Å². The lowest BCUT2D eigenvalue weighted by Crippen LogP contribution is -2.35. The quantitative estimate of drug-likeness (QED) is 0.398. The molecular formula is C6H9O7P. The van der Waals surface area contributed by atoms with Crippen LogP contribution in [0.5, 0.6) is 0 Å². The molecule has 1 unspecified atom stereocenters. The third kappa shape index (κ3) is 0.972. The summed E-state index contributed by atoms with van der Waals surface area (Å²) in [6, 6.07) is 0. The number of esters is 1. The lowest BCUT2D eigenvalue weighted by Gasteiger charge is -2.23. The van der Waals surface area contributed by atoms with E-state index in [1.54, 1.807) is 0 Å². The van der Waals surface area contributed by atoms with Crippen LogP contribution >= 0.6 is 7.37 Å². The molecule has 0 radical (unpaired) electrons. The molecule has 0 aliphatic carbocycles. The molecule has 1 rings (SSSR count). The van der Waals surface area contributed by atoms with Gasteiger partial charge in [0.05, 0.1) is 0 Å². The van der Waals surface area contributed by atoms with Crippen LogP contribution in [-0.2, 0) is 18.9 Å². The molecule has 1 saturated heterocycles. The number of hydrogen-bond acceptors (Lipinski definition) is 5. The lowest BCUT2D eigenvalue weighted by atomic mass is 10.4. The summed E-state index contributed by atoms with van der Waals surface area (Å²) in [5, 5.41) is 12.7. The summed E-state index contributed by atoms with van der Waals surface area (Å²) in [5.41, 5.74) is 0. The molecule has 1 aliphatic rings. The number of aliphatic hydroxyl groups is 1. The maximum atomic E-state index is 11.6. The standard InChI is InChI=1S/C6H9O7P/c1-5(10)4(9)13-6(2,3(7)8)14(5,11)12/h10H,1-2H3,(H,7,8)(H,11,12)/t5-,6+/m0/s1. The Hall–Kier alpha value is -0.910. The van der Waals surface area contributed by atoms with Crippen molar-refractivity contribution in [3.63, 3.8) is 0 Å². The van der Waals surface area contributed by atoms with Gasteiger partial charge in [-0.2, -0.15) is 0 Å². The largest absolute Gasteiger partial charge is 0.478 e. The molecule has 0 aromatic heterocycles. The molecule has 14 heavy (non-hydrogen) atoms. The summed E-state index contributed by atoms with van der Waals surface area (Å²) < 4.78 is 15.8. The predicted molar refractivity (Wildman–Crippen MR) is 42.6 cm³/mol. The molecule has 0 bridgehead atoms. The summed E-state index contributed by atoms with van der Waals surface area (Å²) in [4.78, 5) is 31.0. The van der Waals surface area contributed by atoms with E-state index in [1.165, 1.54) is 0 Å². The van der Waals surface area contributed by atoms with Gasteiger partial charge >= 0.3 is 11.9 Å². The number of carbonyl (C=O) groups is 2. The zero-order chi connectivity index (χ0) is 11.4. The zero-order valence-electron chi connectivity index (χ0n) is 7.42. The maximum Gasteiger partial charge on any atom is 0.358 e. The second kappa shape index (κ2) is 2.56. The van der Waals surface area contributed by atoms with Gasteiger partial charge in [0, 0.05) is 0 Å². The second-order valence-corrected chi connectivity index (χ2v) is 6.15. The van der Waals surface area contributed by atoms with Crippen LogP contribution in [0.4, 0.5) is 0 Å². The van der Waals surface area contributed by atoms with Crippen molar-refractivity contribution in [1.29, 1.82) is 0 Å². The average Bonchev–Trinajstić information content (AvgIpc) is 2.12. The molecule has 1 fully saturated rings. The van der Waals surface area contributed by atoms with Gasteiger partial charge in [0.1, 0.15) is 0 Å². The Morgan fingerprint density at radius 2 is 1.93 bits per heavy atom. The second-order valence-electron chi connectivity index (χ2n) is 3.27. The third-order valence-electron chi connectivity index (χ3n) is 2.24. The van der Waals surface area contributed by atoms with Crippen molar-refractivity contribution in [2.75, 3.05) is 0 Å². The molecule has 1 aliphatic heterocycles. The van der Waals surface area contributed by atoms with Crippen LogP contribution in [0.2, 0.25) is 0 Å². The first-order valence-corrected chi connectivity index (χ1v) is 5.25. The topological polar surface area (TPSA) is 121 Å². The van der Waals surface area contributed by atoms with Crippen molar-refractivity contribution in [2.45, 2.75) is 24.5 Å². The monoisotopic (exact) mass is 224 g/mol. The van der Waals surface area contributed by atoms with Crippen LogP contribution in [0, 0.1) is 0 Å². The molecule has 0 aromatic rings. The van der Waals surface area contributed by atoms with E-state index in [2.05, 4.69) is 4.74 Å². The molecule has 0 saturated carbocycles. The summed E-state index contributed by atoms with van der Waals surface area (Å²) in [6.45, 7) is 1.53. The molecule has 0 aromatic carbocycles. The fourth-order valence-corrected chi connectivity index (χ4v) is 2.64. The minimum atomic E-state index is -4.70. The highest BCUT2D eigenvalue weighted by molar-refractivity contribution is 7.63. The Labute approximate surface area is 78.8 Å². The van der Waals surface area contributed by atoms with Gasteiger partial charge in [0.25, 0.3) is 12.7 Å². The number of carboxylic acids is 1. The highest BCUT2D eigenvalue weighted by atomic mass is 31.2. The fraction of sp³-hybridized carbons (Fsp3) is 0.667. The number of ether oxygens (including phenoxy) is 1. The van der Waals surface area contributed by atoms with Gasteiger partial charge in [0.15, 0.2) is 0 Å². The molecule has 0 amide bonds. The van der Waals surface area contributed by atoms with Crippen LogP contribution in [0.3, 0.4) is 0 Å². The Kier molecular flexibility index (Phi) is 2.04. The summed E-state index contributed by atoms with van der Waals surface area (Å²) in [6.07, 6.45) is 0. The third-order valence-corrected chi connectivity index (χ3v) is 5.05. The van der Waals surface area contributed by atoms with E-state index in [4.69, 9.17) is 5.11 Å². The summed E-state index contributed by atoms with van der Waals surface area (Å²) in [5.74, 6) is -3.18. The van der Waals surface area contributed by atoms with Gasteiger partial charge in [-0.15, -0.1) is 0 Å². The zero-order valence-corrected chi connectivity index (χ0v) is 8.32. The first-order valence-electron chi connectivity index (χ1n) is 3.59. The van der Waals surface area contributed by atoms with Gasteiger partial charge < -0.3 is 19.8 Å². The normalized spacial score (nSPS) is 47.6. The molecule has 80 valence electrons. The molecule has 3 N–H and O–H groups in total. The van der Waals surface area contributed by atoms with Gasteiger partial charge in [0.2, 0.25) is 5.34 Å². The molecular weight excluding hydrogens is 215 g/mol. The summed E-state index contributed by atoms with van der Waals surface area (Å²) >= 11 is 0. The molecule has 7 nitrogen and oxygen atoms in total. The number of aliphatic carboxylic acids is 1. The van der Waals surface area contributed by atoms with Gasteiger partial charge in [-0.05, 0) is 13.8 Å². The highest BCUT2D eigenvalue weighted by Gasteiger charge is 2.72. The van der Waals surface area contributed by atoms with Crippen molar-refractivity contribution in [3.8, 4) is 0 Å².